The van der Waals surface area contributed by atoms with Crippen LogP contribution in [0.5, 0.6) is 0 Å². The second-order valence-corrected chi connectivity index (χ2v) is 11.5. The molecule has 1 saturated carbocycles. The van der Waals surface area contributed by atoms with Gasteiger partial charge in [-0.25, -0.2) is 9.97 Å². The van der Waals surface area contributed by atoms with Gasteiger partial charge < -0.3 is 15.4 Å². The molecule has 1 fully saturated rings. The van der Waals surface area contributed by atoms with Gasteiger partial charge in [0.1, 0.15) is 17.7 Å². The molecule has 0 bridgehead atoms. The van der Waals surface area contributed by atoms with Crippen LogP contribution in [0, 0.1) is 11.3 Å². The lowest BCUT2D eigenvalue weighted by Gasteiger charge is -2.42. The Hall–Kier alpha value is -3.22. The van der Waals surface area contributed by atoms with Crippen molar-refractivity contribution in [2.45, 2.75) is 70.6 Å². The van der Waals surface area contributed by atoms with E-state index in [2.05, 4.69) is 42.0 Å². The Labute approximate surface area is 213 Å². The predicted octanol–water partition coefficient (Wildman–Crippen LogP) is 5.30. The Morgan fingerprint density at radius 3 is 2.50 bits per heavy atom. The molecule has 190 valence electrons. The van der Waals surface area contributed by atoms with Crippen molar-refractivity contribution in [2.75, 3.05) is 24.3 Å². The van der Waals surface area contributed by atoms with E-state index in [0.29, 0.717) is 35.6 Å². The van der Waals surface area contributed by atoms with Crippen LogP contribution in [0.3, 0.4) is 0 Å². The van der Waals surface area contributed by atoms with Crippen molar-refractivity contribution < 1.29 is 14.3 Å². The maximum Gasteiger partial charge on any atom is 0.305 e. The molecular formula is C29H36N4O3. The first-order valence-corrected chi connectivity index (χ1v) is 13.0. The van der Waals surface area contributed by atoms with Crippen LogP contribution in [0.15, 0.2) is 36.7 Å². The molecule has 1 spiro atoms. The smallest absolute Gasteiger partial charge is 0.305 e. The van der Waals surface area contributed by atoms with Gasteiger partial charge in [-0.1, -0.05) is 32.1 Å². The molecule has 0 saturated heterocycles. The van der Waals surface area contributed by atoms with Gasteiger partial charge in [-0.15, -0.1) is 0 Å². The van der Waals surface area contributed by atoms with Gasteiger partial charge in [-0.2, -0.15) is 0 Å². The quantitative estimate of drug-likeness (QED) is 0.586. The van der Waals surface area contributed by atoms with E-state index in [9.17, 15) is 9.59 Å². The number of hydrogen-bond donors (Lipinski definition) is 1. The molecule has 0 atom stereocenters. The number of fused-ring (bicyclic) bond motifs is 1. The number of aromatic nitrogens is 2. The van der Waals surface area contributed by atoms with Gasteiger partial charge in [0.05, 0.1) is 12.8 Å². The molecule has 2 N–H and O–H groups in total. The highest BCUT2D eigenvalue weighted by molar-refractivity contribution is 6.11. The number of ether oxygens (including phenoxy) is 1. The van der Waals surface area contributed by atoms with Crippen LogP contribution in [-0.2, 0) is 14.9 Å². The minimum absolute atomic E-state index is 0.0824. The molecule has 1 aliphatic heterocycles. The number of rotatable bonds is 4. The average molecular weight is 489 g/mol. The summed E-state index contributed by atoms with van der Waals surface area (Å²) in [6.07, 6.45) is 12.4. The average Bonchev–Trinajstić information content (AvgIpc) is 2.88. The maximum atomic E-state index is 13.3. The van der Waals surface area contributed by atoms with Crippen molar-refractivity contribution in [3.8, 4) is 0 Å². The molecule has 7 nitrogen and oxygen atoms in total. The Morgan fingerprint density at radius 1 is 1.14 bits per heavy atom. The molecule has 1 aromatic heterocycles. The summed E-state index contributed by atoms with van der Waals surface area (Å²) in [4.78, 5) is 35.2. The van der Waals surface area contributed by atoms with E-state index in [1.807, 2.05) is 12.1 Å². The number of hydrogen-bond acceptors (Lipinski definition) is 6. The van der Waals surface area contributed by atoms with Gasteiger partial charge >= 0.3 is 5.97 Å². The van der Waals surface area contributed by atoms with Crippen LogP contribution in [0.4, 0.5) is 11.5 Å². The zero-order chi connectivity index (χ0) is 25.5. The number of carbonyl (C=O) groups excluding carboxylic acids is 2. The highest BCUT2D eigenvalue weighted by atomic mass is 16.5. The van der Waals surface area contributed by atoms with Crippen molar-refractivity contribution in [1.82, 2.24) is 9.97 Å². The van der Waals surface area contributed by atoms with Crippen LogP contribution in [0.25, 0.3) is 5.57 Å². The molecular weight excluding hydrogens is 452 g/mol. The highest BCUT2D eigenvalue weighted by Crippen LogP contribution is 2.50. The summed E-state index contributed by atoms with van der Waals surface area (Å²) >= 11 is 0. The second-order valence-electron chi connectivity index (χ2n) is 11.5. The fraction of sp³-hybridized carbons (Fsp3) is 0.517. The number of amides is 1. The minimum Gasteiger partial charge on any atom is -0.469 e. The number of methoxy groups -OCH3 is 1. The molecule has 2 heterocycles. The first-order chi connectivity index (χ1) is 17.2. The topological polar surface area (TPSA) is 98.4 Å². The molecule has 1 amide bonds. The molecule has 2 aliphatic carbocycles. The van der Waals surface area contributed by atoms with Crippen molar-refractivity contribution in [3.05, 3.63) is 53.5 Å². The number of carbonyl (C=O) groups is 2. The number of benzene rings is 1. The molecule has 7 heteroatoms. The van der Waals surface area contributed by atoms with E-state index in [-0.39, 0.29) is 23.1 Å². The third-order valence-corrected chi connectivity index (χ3v) is 8.63. The summed E-state index contributed by atoms with van der Waals surface area (Å²) in [5.74, 6) is 0.482. The Bertz CT molecular complexity index is 1190. The van der Waals surface area contributed by atoms with Gasteiger partial charge in [-0.3, -0.25) is 9.59 Å². The summed E-state index contributed by atoms with van der Waals surface area (Å²) in [5, 5.41) is 0. The molecule has 1 aromatic carbocycles. The summed E-state index contributed by atoms with van der Waals surface area (Å²) in [6.45, 7) is 4.70. The molecule has 36 heavy (non-hydrogen) atoms. The zero-order valence-electron chi connectivity index (χ0n) is 21.5. The molecule has 5 rings (SSSR count). The van der Waals surface area contributed by atoms with Gasteiger partial charge in [-0.05, 0) is 79.5 Å². The molecule has 0 unspecified atom stereocenters. The van der Waals surface area contributed by atoms with Crippen LogP contribution in [0.2, 0.25) is 0 Å². The third-order valence-electron chi connectivity index (χ3n) is 8.63. The maximum absolute atomic E-state index is 13.3. The van der Waals surface area contributed by atoms with Crippen molar-refractivity contribution >= 4 is 29.0 Å². The molecule has 3 aliphatic rings. The van der Waals surface area contributed by atoms with Crippen LogP contribution >= 0.6 is 0 Å². The number of nitrogens with two attached hydrogens (primary N) is 1. The summed E-state index contributed by atoms with van der Waals surface area (Å²) < 4.78 is 4.86. The molecule has 0 radical (unpaired) electrons. The van der Waals surface area contributed by atoms with Crippen molar-refractivity contribution in [3.63, 3.8) is 0 Å². The fourth-order valence-corrected chi connectivity index (χ4v) is 6.34. The van der Waals surface area contributed by atoms with Gasteiger partial charge in [0.15, 0.2) is 0 Å². The fourth-order valence-electron chi connectivity index (χ4n) is 6.34. The summed E-state index contributed by atoms with van der Waals surface area (Å²) in [5.41, 5.74) is 10.7. The van der Waals surface area contributed by atoms with E-state index >= 15 is 0 Å². The lowest BCUT2D eigenvalue weighted by atomic mass is 9.63. The number of nitrogens with zero attached hydrogens (tertiary/aromatic N) is 3. The van der Waals surface area contributed by atoms with Crippen molar-refractivity contribution in [2.24, 2.45) is 11.3 Å². The number of anilines is 2. The lowest BCUT2D eigenvalue weighted by molar-refractivity contribution is -0.142. The zero-order valence-corrected chi connectivity index (χ0v) is 21.5. The first kappa shape index (κ1) is 24.5. The third kappa shape index (κ3) is 4.51. The lowest BCUT2D eigenvalue weighted by Crippen LogP contribution is -2.48. The predicted molar refractivity (Wildman–Crippen MR) is 140 cm³/mol. The Balaban J connectivity index is 1.27. The van der Waals surface area contributed by atoms with Crippen LogP contribution in [0.1, 0.15) is 86.8 Å². The largest absolute Gasteiger partial charge is 0.469 e. The Morgan fingerprint density at radius 2 is 1.86 bits per heavy atom. The van der Waals surface area contributed by atoms with E-state index in [0.717, 1.165) is 31.4 Å². The first-order valence-electron chi connectivity index (χ1n) is 13.0. The normalized spacial score (nSPS) is 25.3. The summed E-state index contributed by atoms with van der Waals surface area (Å²) in [6, 6.07) is 8.34. The van der Waals surface area contributed by atoms with E-state index in [1.54, 1.807) is 4.90 Å². The van der Waals surface area contributed by atoms with E-state index in [1.165, 1.54) is 43.8 Å². The SMILES string of the molecule is COC(=O)CC1CCC2(CC=C(c3ccc(N4CC(C)(C)c5ncnc(N)c5C4=O)cc3)CC2)CC1. The standard InChI is InChI=1S/C29H36N4O3/c1-28(2)17-33(27(35)24-25(28)31-18-32-26(24)30)22-6-4-20(5-7-22)21-10-14-29(15-11-21)12-8-19(9-13-29)16-23(34)36-3/h4-7,10,18-19H,8-9,11-17H2,1-3H3,(H2,30,31,32). The molecule has 2 aromatic rings. The van der Waals surface area contributed by atoms with Gasteiger partial charge in [0.25, 0.3) is 5.91 Å². The Kier molecular flexibility index (Phi) is 6.35. The van der Waals surface area contributed by atoms with Crippen molar-refractivity contribution in [1.29, 1.82) is 0 Å². The summed E-state index contributed by atoms with van der Waals surface area (Å²) in [7, 11) is 1.47. The monoisotopic (exact) mass is 488 g/mol. The highest BCUT2D eigenvalue weighted by Gasteiger charge is 2.40. The minimum atomic E-state index is -0.324. The number of allylic oxidation sites excluding steroid dienone is 2. The van der Waals surface area contributed by atoms with E-state index < -0.39 is 0 Å². The van der Waals surface area contributed by atoms with Crippen LogP contribution < -0.4 is 10.6 Å². The second kappa shape index (κ2) is 9.34. The number of esters is 1. The number of nitrogen functional groups attached to an aromatic ring is 1. The van der Waals surface area contributed by atoms with Gasteiger partial charge in [0.2, 0.25) is 0 Å². The van der Waals surface area contributed by atoms with Crippen LogP contribution in [-0.4, -0.2) is 35.5 Å². The van der Waals surface area contributed by atoms with Gasteiger partial charge in [0, 0.05) is 24.1 Å². The van der Waals surface area contributed by atoms with E-state index in [4.69, 9.17) is 10.5 Å².